The first-order chi connectivity index (χ1) is 14.3. The summed E-state index contributed by atoms with van der Waals surface area (Å²) in [5.74, 6) is -0.0732. The van der Waals surface area contributed by atoms with E-state index in [9.17, 15) is 18.0 Å². The Balaban J connectivity index is 1.50. The van der Waals surface area contributed by atoms with E-state index in [1.165, 1.54) is 17.3 Å². The summed E-state index contributed by atoms with van der Waals surface area (Å²) >= 11 is 0. The topological polar surface area (TPSA) is 118 Å². The van der Waals surface area contributed by atoms with Crippen molar-refractivity contribution in [2.75, 3.05) is 25.0 Å². The Labute approximate surface area is 174 Å². The molecule has 0 saturated carbocycles. The summed E-state index contributed by atoms with van der Waals surface area (Å²) < 4.78 is 37.8. The molecule has 0 unspecified atom stereocenters. The summed E-state index contributed by atoms with van der Waals surface area (Å²) in [5, 5.41) is 5.53. The van der Waals surface area contributed by atoms with Crippen LogP contribution in [0.1, 0.15) is 47.7 Å². The third-order valence-electron chi connectivity index (χ3n) is 5.26. The average molecular weight is 433 g/mol. The summed E-state index contributed by atoms with van der Waals surface area (Å²) in [7, 11) is -3.67. The van der Waals surface area contributed by atoms with Crippen LogP contribution in [0.4, 0.5) is 5.69 Å². The molecule has 2 aromatic rings. The standard InChI is InChI=1S/C20H23N3O6S/c1-12(14-5-6-16-15(9-14)22-19(24)11-28-16)21-20(25)17-10-18(13(2)29-17)30(26,27)23-7-3-4-8-23/h5-6,9-10,12H,3-4,7-8,11H2,1-2H3,(H,21,25)(H,22,24)/t12-/m1/s1. The predicted molar refractivity (Wildman–Crippen MR) is 108 cm³/mol. The molecule has 0 aliphatic carbocycles. The van der Waals surface area contributed by atoms with Gasteiger partial charge >= 0.3 is 0 Å². The largest absolute Gasteiger partial charge is 0.482 e. The van der Waals surface area contributed by atoms with Crippen LogP contribution >= 0.6 is 0 Å². The molecule has 0 bridgehead atoms. The van der Waals surface area contributed by atoms with Crippen LogP contribution in [-0.2, 0) is 14.8 Å². The van der Waals surface area contributed by atoms with Gasteiger partial charge in [-0.15, -0.1) is 0 Å². The number of nitrogens with zero attached hydrogens (tertiary/aromatic N) is 1. The number of furan rings is 1. The van der Waals surface area contributed by atoms with Crippen LogP contribution in [0.3, 0.4) is 0 Å². The van der Waals surface area contributed by atoms with Crippen molar-refractivity contribution in [2.45, 2.75) is 37.6 Å². The fraction of sp³-hybridized carbons (Fsp3) is 0.400. The molecule has 1 atom stereocenters. The number of hydrogen-bond donors (Lipinski definition) is 2. The molecule has 2 aliphatic rings. The number of fused-ring (bicyclic) bond motifs is 1. The molecular weight excluding hydrogens is 410 g/mol. The van der Waals surface area contributed by atoms with Crippen molar-refractivity contribution in [2.24, 2.45) is 0 Å². The first-order valence-corrected chi connectivity index (χ1v) is 11.2. The van der Waals surface area contributed by atoms with E-state index in [0.29, 0.717) is 24.5 Å². The van der Waals surface area contributed by atoms with Crippen molar-refractivity contribution in [3.63, 3.8) is 0 Å². The Morgan fingerprint density at radius 1 is 1.23 bits per heavy atom. The molecule has 0 radical (unpaired) electrons. The predicted octanol–water partition coefficient (Wildman–Crippen LogP) is 2.19. The molecule has 2 aliphatic heterocycles. The van der Waals surface area contributed by atoms with Crippen molar-refractivity contribution in [1.29, 1.82) is 0 Å². The van der Waals surface area contributed by atoms with Gasteiger partial charge in [0.1, 0.15) is 16.4 Å². The second kappa shape index (κ2) is 7.77. The van der Waals surface area contributed by atoms with Gasteiger partial charge in [-0.1, -0.05) is 6.07 Å². The fourth-order valence-corrected chi connectivity index (χ4v) is 5.30. The summed E-state index contributed by atoms with van der Waals surface area (Å²) in [4.78, 5) is 24.2. The minimum absolute atomic E-state index is 0.0239. The lowest BCUT2D eigenvalue weighted by atomic mass is 10.1. The van der Waals surface area contributed by atoms with Gasteiger partial charge in [0.15, 0.2) is 12.4 Å². The Morgan fingerprint density at radius 2 is 1.97 bits per heavy atom. The van der Waals surface area contributed by atoms with Gasteiger partial charge in [0.2, 0.25) is 10.0 Å². The lowest BCUT2D eigenvalue weighted by Gasteiger charge is -2.20. The number of hydrogen-bond acceptors (Lipinski definition) is 6. The second-order valence-electron chi connectivity index (χ2n) is 7.43. The minimum Gasteiger partial charge on any atom is -0.482 e. The third kappa shape index (κ3) is 3.80. The Hall–Kier alpha value is -2.85. The van der Waals surface area contributed by atoms with Gasteiger partial charge in [-0.2, -0.15) is 4.31 Å². The first kappa shape index (κ1) is 20.4. The number of ether oxygens (including phenoxy) is 1. The maximum absolute atomic E-state index is 12.8. The van der Waals surface area contributed by atoms with Crippen LogP contribution < -0.4 is 15.4 Å². The number of anilines is 1. The number of rotatable bonds is 5. The van der Waals surface area contributed by atoms with Crippen molar-refractivity contribution >= 4 is 27.5 Å². The molecule has 160 valence electrons. The smallest absolute Gasteiger partial charge is 0.287 e. The van der Waals surface area contributed by atoms with E-state index in [2.05, 4.69) is 10.6 Å². The molecule has 0 spiro atoms. The van der Waals surface area contributed by atoms with Crippen LogP contribution in [0.2, 0.25) is 0 Å². The maximum Gasteiger partial charge on any atom is 0.287 e. The summed E-state index contributed by atoms with van der Waals surface area (Å²) in [6.45, 7) is 4.24. The number of aryl methyl sites for hydroxylation is 1. The first-order valence-electron chi connectivity index (χ1n) is 9.74. The van der Waals surface area contributed by atoms with E-state index in [4.69, 9.17) is 9.15 Å². The molecule has 2 N–H and O–H groups in total. The van der Waals surface area contributed by atoms with Crippen molar-refractivity contribution in [3.05, 3.63) is 41.3 Å². The maximum atomic E-state index is 12.8. The van der Waals surface area contributed by atoms with Crippen molar-refractivity contribution < 1.29 is 27.2 Å². The highest BCUT2D eigenvalue weighted by Crippen LogP contribution is 2.31. The molecule has 1 fully saturated rings. The van der Waals surface area contributed by atoms with E-state index < -0.39 is 22.0 Å². The van der Waals surface area contributed by atoms with Crippen LogP contribution in [0.15, 0.2) is 33.6 Å². The monoisotopic (exact) mass is 433 g/mol. The van der Waals surface area contributed by atoms with Crippen LogP contribution in [0.25, 0.3) is 0 Å². The number of carbonyl (C=O) groups is 2. The van der Waals surface area contributed by atoms with E-state index in [0.717, 1.165) is 18.4 Å². The summed E-state index contributed by atoms with van der Waals surface area (Å²) in [6, 6.07) is 6.12. The van der Waals surface area contributed by atoms with Gasteiger partial charge in [-0.25, -0.2) is 8.42 Å². The molecule has 30 heavy (non-hydrogen) atoms. The quantitative estimate of drug-likeness (QED) is 0.746. The van der Waals surface area contributed by atoms with Crippen molar-refractivity contribution in [1.82, 2.24) is 9.62 Å². The molecule has 1 aromatic heterocycles. The zero-order chi connectivity index (χ0) is 21.5. The Kier molecular flexibility index (Phi) is 5.29. The highest BCUT2D eigenvalue weighted by molar-refractivity contribution is 7.89. The minimum atomic E-state index is -3.67. The van der Waals surface area contributed by atoms with Crippen LogP contribution in [0.5, 0.6) is 5.75 Å². The zero-order valence-corrected chi connectivity index (χ0v) is 17.5. The van der Waals surface area contributed by atoms with E-state index in [1.807, 2.05) is 0 Å². The Bertz CT molecular complexity index is 1100. The molecule has 4 rings (SSSR count). The Morgan fingerprint density at radius 3 is 2.70 bits per heavy atom. The van der Waals surface area contributed by atoms with Gasteiger partial charge < -0.3 is 19.8 Å². The number of amides is 2. The number of carbonyl (C=O) groups excluding carboxylic acids is 2. The van der Waals surface area contributed by atoms with Gasteiger partial charge in [0.25, 0.3) is 11.8 Å². The van der Waals surface area contributed by atoms with E-state index >= 15 is 0 Å². The van der Waals surface area contributed by atoms with E-state index in [-0.39, 0.29) is 28.9 Å². The average Bonchev–Trinajstić information content (AvgIpc) is 3.38. The highest BCUT2D eigenvalue weighted by atomic mass is 32.2. The molecule has 9 nitrogen and oxygen atoms in total. The zero-order valence-electron chi connectivity index (χ0n) is 16.7. The third-order valence-corrected chi connectivity index (χ3v) is 7.27. The highest BCUT2D eigenvalue weighted by Gasteiger charge is 2.32. The molecule has 2 amide bonds. The summed E-state index contributed by atoms with van der Waals surface area (Å²) in [6.07, 6.45) is 1.65. The van der Waals surface area contributed by atoms with Gasteiger partial charge in [-0.3, -0.25) is 9.59 Å². The van der Waals surface area contributed by atoms with Gasteiger partial charge in [0.05, 0.1) is 11.7 Å². The second-order valence-corrected chi connectivity index (χ2v) is 9.34. The number of nitrogens with one attached hydrogen (secondary N) is 2. The lowest BCUT2D eigenvalue weighted by molar-refractivity contribution is -0.118. The summed E-state index contributed by atoms with van der Waals surface area (Å²) in [5.41, 5.74) is 1.29. The molecule has 3 heterocycles. The van der Waals surface area contributed by atoms with Gasteiger partial charge in [-0.05, 0) is 44.4 Å². The van der Waals surface area contributed by atoms with Crippen LogP contribution in [-0.4, -0.2) is 44.2 Å². The van der Waals surface area contributed by atoms with E-state index in [1.54, 1.807) is 25.1 Å². The van der Waals surface area contributed by atoms with Gasteiger partial charge in [0, 0.05) is 19.2 Å². The number of benzene rings is 1. The number of sulfonamides is 1. The molecular formula is C20H23N3O6S. The SMILES string of the molecule is Cc1oc(C(=O)N[C@H](C)c2ccc3c(c2)NC(=O)CO3)cc1S(=O)(=O)N1CCCC1. The fourth-order valence-electron chi connectivity index (χ4n) is 3.62. The van der Waals surface area contributed by atoms with Crippen molar-refractivity contribution in [3.8, 4) is 5.75 Å². The molecule has 1 saturated heterocycles. The lowest BCUT2D eigenvalue weighted by Crippen LogP contribution is -2.28. The molecule has 10 heteroatoms. The van der Waals surface area contributed by atoms with Crippen LogP contribution in [0, 0.1) is 6.92 Å². The normalized spacial score (nSPS) is 17.7. The molecule has 1 aromatic carbocycles.